The lowest BCUT2D eigenvalue weighted by atomic mass is 10.3. The molecule has 0 radical (unpaired) electrons. The lowest BCUT2D eigenvalue weighted by Gasteiger charge is -2.06. The second kappa shape index (κ2) is 5.46. The number of aromatic nitrogens is 2. The molecule has 0 saturated carbocycles. The number of urea groups is 1. The molecule has 1 aromatic heterocycles. The van der Waals surface area contributed by atoms with Gasteiger partial charge in [0, 0.05) is 23.1 Å². The largest absolute Gasteiger partial charge is 0.326 e. The van der Waals surface area contributed by atoms with Gasteiger partial charge in [0.15, 0.2) is 0 Å². The molecule has 6 heteroatoms. The monoisotopic (exact) mass is 262 g/mol. The molecule has 2 rings (SSSR count). The van der Waals surface area contributed by atoms with Crippen molar-refractivity contribution >= 4 is 29.3 Å². The third kappa shape index (κ3) is 3.43. The van der Waals surface area contributed by atoms with Crippen LogP contribution in [0.5, 0.6) is 0 Å². The zero-order valence-corrected chi connectivity index (χ0v) is 10.4. The van der Waals surface area contributed by atoms with Crippen molar-refractivity contribution in [1.82, 2.24) is 9.97 Å². The predicted molar refractivity (Wildman–Crippen MR) is 70.9 cm³/mol. The van der Waals surface area contributed by atoms with Crippen LogP contribution in [0.4, 0.5) is 16.4 Å². The molecule has 92 valence electrons. The zero-order valence-electron chi connectivity index (χ0n) is 9.64. The summed E-state index contributed by atoms with van der Waals surface area (Å²) in [5.41, 5.74) is 1.57. The molecule has 18 heavy (non-hydrogen) atoms. The summed E-state index contributed by atoms with van der Waals surface area (Å²) in [5.74, 6) is 0.257. The van der Waals surface area contributed by atoms with E-state index in [-0.39, 0.29) is 5.95 Å². The van der Waals surface area contributed by atoms with Gasteiger partial charge in [0.25, 0.3) is 0 Å². The first-order valence-electron chi connectivity index (χ1n) is 5.26. The van der Waals surface area contributed by atoms with Crippen molar-refractivity contribution in [3.05, 3.63) is 47.2 Å². The number of amides is 2. The van der Waals surface area contributed by atoms with Gasteiger partial charge in [-0.05, 0) is 36.8 Å². The van der Waals surface area contributed by atoms with Gasteiger partial charge >= 0.3 is 6.03 Å². The molecule has 1 aromatic carbocycles. The minimum atomic E-state index is -0.402. The Kier molecular flexibility index (Phi) is 3.74. The number of nitrogens with one attached hydrogen (secondary N) is 2. The Bertz CT molecular complexity index is 490. The molecule has 0 saturated heterocycles. The molecule has 2 N–H and O–H groups in total. The second-order valence-corrected chi connectivity index (χ2v) is 4.11. The fourth-order valence-electron chi connectivity index (χ4n) is 1.25. The first-order chi connectivity index (χ1) is 8.63. The summed E-state index contributed by atoms with van der Waals surface area (Å²) in [4.78, 5) is 19.6. The first-order valence-corrected chi connectivity index (χ1v) is 5.63. The van der Waals surface area contributed by atoms with Gasteiger partial charge in [-0.15, -0.1) is 0 Å². The minimum absolute atomic E-state index is 0.257. The number of carbonyl (C=O) groups is 1. The molecule has 0 atom stereocenters. The van der Waals surface area contributed by atoms with Crippen molar-refractivity contribution in [2.45, 2.75) is 6.92 Å². The molecule has 0 unspecified atom stereocenters. The Morgan fingerprint density at radius 2 is 1.72 bits per heavy atom. The minimum Gasteiger partial charge on any atom is -0.308 e. The van der Waals surface area contributed by atoms with Gasteiger partial charge in [-0.3, -0.25) is 5.32 Å². The average molecular weight is 263 g/mol. The Balaban J connectivity index is 1.96. The summed E-state index contributed by atoms with van der Waals surface area (Å²) in [6.45, 7) is 1.87. The number of hydrogen-bond acceptors (Lipinski definition) is 3. The summed E-state index contributed by atoms with van der Waals surface area (Å²) < 4.78 is 0. The van der Waals surface area contributed by atoms with E-state index in [4.69, 9.17) is 11.6 Å². The number of rotatable bonds is 2. The summed E-state index contributed by atoms with van der Waals surface area (Å²) in [6, 6.07) is 6.40. The van der Waals surface area contributed by atoms with E-state index in [1.807, 2.05) is 6.92 Å². The third-order valence-electron chi connectivity index (χ3n) is 2.11. The van der Waals surface area contributed by atoms with Crippen LogP contribution in [0.25, 0.3) is 0 Å². The summed E-state index contributed by atoms with van der Waals surface area (Å²) >= 11 is 5.74. The number of nitrogens with zero attached hydrogens (tertiary/aromatic N) is 2. The third-order valence-corrected chi connectivity index (χ3v) is 2.36. The van der Waals surface area contributed by atoms with Crippen LogP contribution in [0.3, 0.4) is 0 Å². The number of benzene rings is 1. The van der Waals surface area contributed by atoms with E-state index in [0.29, 0.717) is 10.7 Å². The van der Waals surface area contributed by atoms with Crippen molar-refractivity contribution < 1.29 is 4.79 Å². The molecule has 2 aromatic rings. The van der Waals surface area contributed by atoms with Crippen LogP contribution in [0, 0.1) is 6.92 Å². The summed E-state index contributed by atoms with van der Waals surface area (Å²) in [6.07, 6.45) is 3.26. The Morgan fingerprint density at radius 3 is 2.33 bits per heavy atom. The van der Waals surface area contributed by atoms with E-state index >= 15 is 0 Å². The number of hydrogen-bond donors (Lipinski definition) is 2. The van der Waals surface area contributed by atoms with Crippen molar-refractivity contribution in [1.29, 1.82) is 0 Å². The van der Waals surface area contributed by atoms with Gasteiger partial charge in [0.2, 0.25) is 5.95 Å². The van der Waals surface area contributed by atoms with Gasteiger partial charge in [0.1, 0.15) is 0 Å². The van der Waals surface area contributed by atoms with Crippen LogP contribution in [0.2, 0.25) is 5.02 Å². The molecular weight excluding hydrogens is 252 g/mol. The molecule has 0 spiro atoms. The van der Waals surface area contributed by atoms with E-state index in [9.17, 15) is 4.79 Å². The molecule has 5 nitrogen and oxygen atoms in total. The highest BCUT2D eigenvalue weighted by Crippen LogP contribution is 2.13. The van der Waals surface area contributed by atoms with Gasteiger partial charge in [0.05, 0.1) is 0 Å². The summed E-state index contributed by atoms with van der Waals surface area (Å²) in [7, 11) is 0. The van der Waals surface area contributed by atoms with Gasteiger partial charge in [-0.25, -0.2) is 14.8 Å². The number of anilines is 2. The van der Waals surface area contributed by atoms with Crippen LogP contribution >= 0.6 is 11.6 Å². The van der Waals surface area contributed by atoms with Crippen molar-refractivity contribution in [3.8, 4) is 0 Å². The quantitative estimate of drug-likeness (QED) is 0.874. The number of halogens is 1. The van der Waals surface area contributed by atoms with Crippen LogP contribution < -0.4 is 10.6 Å². The van der Waals surface area contributed by atoms with Gasteiger partial charge in [-0.2, -0.15) is 0 Å². The number of aryl methyl sites for hydroxylation is 1. The molecule has 0 aliphatic carbocycles. The number of carbonyl (C=O) groups excluding carboxylic acids is 1. The van der Waals surface area contributed by atoms with Crippen LogP contribution in [-0.4, -0.2) is 16.0 Å². The fourth-order valence-corrected chi connectivity index (χ4v) is 1.38. The van der Waals surface area contributed by atoms with E-state index in [1.165, 1.54) is 0 Å². The molecule has 0 bridgehead atoms. The lowest BCUT2D eigenvalue weighted by Crippen LogP contribution is -2.20. The maximum absolute atomic E-state index is 11.6. The maximum Gasteiger partial charge on any atom is 0.326 e. The van der Waals surface area contributed by atoms with Crippen molar-refractivity contribution in [2.24, 2.45) is 0 Å². The highest BCUT2D eigenvalue weighted by molar-refractivity contribution is 6.30. The molecule has 0 fully saturated rings. The standard InChI is InChI=1S/C12H11ClN4O/c1-8-6-14-11(15-7-8)17-12(18)16-10-4-2-9(13)3-5-10/h2-7H,1H3,(H2,14,15,16,17,18). The highest BCUT2D eigenvalue weighted by Gasteiger charge is 2.04. The van der Waals surface area contributed by atoms with E-state index in [2.05, 4.69) is 20.6 Å². The van der Waals surface area contributed by atoms with Crippen LogP contribution in [0.1, 0.15) is 5.56 Å². The molecule has 1 heterocycles. The van der Waals surface area contributed by atoms with Crippen LogP contribution in [0.15, 0.2) is 36.7 Å². The van der Waals surface area contributed by atoms with Crippen molar-refractivity contribution in [3.63, 3.8) is 0 Å². The Labute approximate surface area is 109 Å². The SMILES string of the molecule is Cc1cnc(NC(=O)Nc2ccc(Cl)cc2)nc1. The maximum atomic E-state index is 11.6. The summed E-state index contributed by atoms with van der Waals surface area (Å²) in [5, 5.41) is 5.78. The van der Waals surface area contributed by atoms with E-state index in [0.717, 1.165) is 5.56 Å². The second-order valence-electron chi connectivity index (χ2n) is 3.67. The molecule has 0 aliphatic rings. The van der Waals surface area contributed by atoms with Gasteiger partial charge in [-0.1, -0.05) is 11.6 Å². The molecule has 0 aliphatic heterocycles. The predicted octanol–water partition coefficient (Wildman–Crippen LogP) is 3.08. The topological polar surface area (TPSA) is 66.9 Å². The molecule has 2 amide bonds. The average Bonchev–Trinajstić information content (AvgIpc) is 2.35. The Morgan fingerprint density at radius 1 is 1.11 bits per heavy atom. The smallest absolute Gasteiger partial charge is 0.308 e. The van der Waals surface area contributed by atoms with Crippen LogP contribution in [-0.2, 0) is 0 Å². The van der Waals surface area contributed by atoms with E-state index < -0.39 is 6.03 Å². The van der Waals surface area contributed by atoms with E-state index in [1.54, 1.807) is 36.7 Å². The first kappa shape index (κ1) is 12.3. The lowest BCUT2D eigenvalue weighted by molar-refractivity contribution is 0.262. The van der Waals surface area contributed by atoms with Gasteiger partial charge < -0.3 is 5.32 Å². The Hall–Kier alpha value is -2.14. The fraction of sp³-hybridized carbons (Fsp3) is 0.0833. The normalized spacial score (nSPS) is 9.89. The van der Waals surface area contributed by atoms with Crippen molar-refractivity contribution in [2.75, 3.05) is 10.6 Å². The molecular formula is C12H11ClN4O. The highest BCUT2D eigenvalue weighted by atomic mass is 35.5. The zero-order chi connectivity index (χ0) is 13.0.